The van der Waals surface area contributed by atoms with Gasteiger partial charge in [0.1, 0.15) is 12.2 Å². The molecule has 12 heavy (non-hydrogen) atoms. The Labute approximate surface area is 68.0 Å². The molecule has 4 N–H and O–H groups in total. The Morgan fingerprint density at radius 2 is 1.83 bits per heavy atom. The lowest BCUT2D eigenvalue weighted by Gasteiger charge is -2.32. The van der Waals surface area contributed by atoms with Gasteiger partial charge in [-0.2, -0.15) is 0 Å². The zero-order chi connectivity index (χ0) is 9.30. The summed E-state index contributed by atoms with van der Waals surface area (Å²) in [4.78, 5) is 10.9. The number of Topliss-reactive ketones (excluding diaryl/α,β-unsaturated/α-hetero) is 1. The van der Waals surface area contributed by atoms with Crippen LogP contribution in [0, 0.1) is 0 Å². The van der Waals surface area contributed by atoms with E-state index in [9.17, 15) is 4.79 Å². The number of carbonyl (C=O) groups excluding carboxylic acids is 1. The Balaban J connectivity index is 2.70. The summed E-state index contributed by atoms with van der Waals surface area (Å²) in [5.74, 6) is -0.937. The van der Waals surface area contributed by atoms with E-state index in [4.69, 9.17) is 20.4 Å². The molecule has 6 nitrogen and oxygen atoms in total. The molecule has 0 amide bonds. The number of aliphatic hydroxyl groups is 4. The molecular weight excluding hydrogens is 168 g/mol. The maximum absolute atomic E-state index is 10.9. The van der Waals surface area contributed by atoms with Crippen LogP contribution in [-0.2, 0) is 9.53 Å². The van der Waals surface area contributed by atoms with E-state index < -0.39 is 37.0 Å². The van der Waals surface area contributed by atoms with Crippen molar-refractivity contribution in [3.05, 3.63) is 0 Å². The number of ether oxygens (including phenoxy) is 1. The molecule has 1 fully saturated rings. The Morgan fingerprint density at radius 3 is 2.33 bits per heavy atom. The van der Waals surface area contributed by atoms with E-state index in [-0.39, 0.29) is 0 Å². The SMILES string of the molecule is O=C1C(O)[C@@H](O)OC(CO)[C@H]1O. The lowest BCUT2D eigenvalue weighted by molar-refractivity contribution is -0.238. The summed E-state index contributed by atoms with van der Waals surface area (Å²) in [5.41, 5.74) is 0. The van der Waals surface area contributed by atoms with E-state index in [0.29, 0.717) is 0 Å². The zero-order valence-electron chi connectivity index (χ0n) is 6.12. The highest BCUT2D eigenvalue weighted by atomic mass is 16.6. The average Bonchev–Trinajstić information content (AvgIpc) is 2.08. The van der Waals surface area contributed by atoms with Crippen LogP contribution < -0.4 is 0 Å². The second-order valence-electron chi connectivity index (χ2n) is 2.54. The van der Waals surface area contributed by atoms with Gasteiger partial charge in [0.15, 0.2) is 18.2 Å². The van der Waals surface area contributed by atoms with Crippen molar-refractivity contribution in [1.82, 2.24) is 0 Å². The third kappa shape index (κ3) is 1.47. The molecule has 0 aromatic rings. The van der Waals surface area contributed by atoms with E-state index in [1.54, 1.807) is 0 Å². The Morgan fingerprint density at radius 1 is 1.25 bits per heavy atom. The second kappa shape index (κ2) is 3.46. The third-order valence-corrected chi connectivity index (χ3v) is 1.70. The molecule has 0 spiro atoms. The first-order valence-electron chi connectivity index (χ1n) is 3.42. The minimum Gasteiger partial charge on any atom is -0.394 e. The smallest absolute Gasteiger partial charge is 0.197 e. The van der Waals surface area contributed by atoms with Gasteiger partial charge in [0, 0.05) is 0 Å². The van der Waals surface area contributed by atoms with Crippen molar-refractivity contribution in [3.63, 3.8) is 0 Å². The molecule has 70 valence electrons. The second-order valence-corrected chi connectivity index (χ2v) is 2.54. The van der Waals surface area contributed by atoms with Crippen LogP contribution in [0.1, 0.15) is 0 Å². The number of carbonyl (C=O) groups is 1. The molecule has 0 bridgehead atoms. The Kier molecular flexibility index (Phi) is 2.76. The normalized spacial score (nSPS) is 43.2. The van der Waals surface area contributed by atoms with Gasteiger partial charge in [-0.3, -0.25) is 4.79 Å². The average molecular weight is 178 g/mol. The van der Waals surface area contributed by atoms with Crippen LogP contribution in [0.15, 0.2) is 0 Å². The lowest BCUT2D eigenvalue weighted by atomic mass is 10.0. The van der Waals surface area contributed by atoms with Gasteiger partial charge in [-0.05, 0) is 0 Å². The zero-order valence-corrected chi connectivity index (χ0v) is 6.12. The molecule has 0 aromatic carbocycles. The minimum absolute atomic E-state index is 0.587. The van der Waals surface area contributed by atoms with Gasteiger partial charge >= 0.3 is 0 Å². The van der Waals surface area contributed by atoms with E-state index in [1.807, 2.05) is 0 Å². The lowest BCUT2D eigenvalue weighted by Crippen LogP contribution is -2.55. The van der Waals surface area contributed by atoms with Crippen LogP contribution in [0.4, 0.5) is 0 Å². The van der Waals surface area contributed by atoms with Crippen molar-refractivity contribution in [2.24, 2.45) is 0 Å². The van der Waals surface area contributed by atoms with Crippen molar-refractivity contribution in [2.75, 3.05) is 6.61 Å². The number of hydrogen-bond donors (Lipinski definition) is 4. The van der Waals surface area contributed by atoms with E-state index in [1.165, 1.54) is 0 Å². The number of ketones is 1. The predicted molar refractivity (Wildman–Crippen MR) is 35.0 cm³/mol. The van der Waals surface area contributed by atoms with Gasteiger partial charge in [0.25, 0.3) is 0 Å². The van der Waals surface area contributed by atoms with Gasteiger partial charge in [0.05, 0.1) is 6.61 Å². The molecular formula is C6H10O6. The van der Waals surface area contributed by atoms with Crippen LogP contribution in [0.5, 0.6) is 0 Å². The maximum atomic E-state index is 10.9. The summed E-state index contributed by atoms with van der Waals surface area (Å²) in [5, 5.41) is 35.3. The van der Waals surface area contributed by atoms with E-state index in [0.717, 1.165) is 0 Å². The van der Waals surface area contributed by atoms with Crippen LogP contribution in [0.25, 0.3) is 0 Å². The number of aliphatic hydroxyl groups excluding tert-OH is 4. The third-order valence-electron chi connectivity index (χ3n) is 1.70. The van der Waals surface area contributed by atoms with E-state index in [2.05, 4.69) is 4.74 Å². The molecule has 0 radical (unpaired) electrons. The number of hydrogen-bond acceptors (Lipinski definition) is 6. The summed E-state index contributed by atoms with van der Waals surface area (Å²) >= 11 is 0. The molecule has 1 aliphatic rings. The highest BCUT2D eigenvalue weighted by molar-refractivity contribution is 5.88. The molecule has 6 heteroatoms. The molecule has 1 saturated heterocycles. The molecule has 0 saturated carbocycles. The van der Waals surface area contributed by atoms with Crippen molar-refractivity contribution >= 4 is 5.78 Å². The molecule has 2 unspecified atom stereocenters. The van der Waals surface area contributed by atoms with E-state index >= 15 is 0 Å². The predicted octanol–water partition coefficient (Wildman–Crippen LogP) is -3.01. The summed E-state index contributed by atoms with van der Waals surface area (Å²) in [6, 6.07) is 0. The molecule has 0 aliphatic carbocycles. The largest absolute Gasteiger partial charge is 0.394 e. The maximum Gasteiger partial charge on any atom is 0.197 e. The summed E-state index contributed by atoms with van der Waals surface area (Å²) in [7, 11) is 0. The van der Waals surface area contributed by atoms with Crippen LogP contribution >= 0.6 is 0 Å². The first-order chi connectivity index (χ1) is 5.57. The van der Waals surface area contributed by atoms with Gasteiger partial charge in [0.2, 0.25) is 0 Å². The van der Waals surface area contributed by atoms with Gasteiger partial charge in [-0.25, -0.2) is 0 Å². The molecule has 4 atom stereocenters. The van der Waals surface area contributed by atoms with Crippen molar-refractivity contribution in [1.29, 1.82) is 0 Å². The molecule has 1 rings (SSSR count). The fourth-order valence-corrected chi connectivity index (χ4v) is 0.969. The quantitative estimate of drug-likeness (QED) is 0.340. The summed E-state index contributed by atoms with van der Waals surface area (Å²) in [6.07, 6.45) is -6.13. The van der Waals surface area contributed by atoms with Gasteiger partial charge < -0.3 is 25.2 Å². The molecule has 1 heterocycles. The fourth-order valence-electron chi connectivity index (χ4n) is 0.969. The van der Waals surface area contributed by atoms with Crippen molar-refractivity contribution in [2.45, 2.75) is 24.6 Å². The fraction of sp³-hybridized carbons (Fsp3) is 0.833. The highest BCUT2D eigenvalue weighted by Crippen LogP contribution is 2.15. The highest BCUT2D eigenvalue weighted by Gasteiger charge is 2.42. The van der Waals surface area contributed by atoms with Crippen LogP contribution in [0.2, 0.25) is 0 Å². The monoisotopic (exact) mass is 178 g/mol. The first kappa shape index (κ1) is 9.56. The van der Waals surface area contributed by atoms with Crippen molar-refractivity contribution < 1.29 is 30.0 Å². The Hall–Kier alpha value is -0.530. The van der Waals surface area contributed by atoms with Gasteiger partial charge in [-0.15, -0.1) is 0 Å². The van der Waals surface area contributed by atoms with Crippen molar-refractivity contribution in [3.8, 4) is 0 Å². The first-order valence-corrected chi connectivity index (χ1v) is 3.42. The number of rotatable bonds is 1. The topological polar surface area (TPSA) is 107 Å². The molecule has 0 aromatic heterocycles. The van der Waals surface area contributed by atoms with Crippen LogP contribution in [0.3, 0.4) is 0 Å². The standard InChI is InChI=1S/C6H10O6/c7-1-2-3(8)4(9)5(10)6(11)12-2/h2-3,5-8,10-11H,1H2/t2?,3-,5?,6+/m1/s1. The minimum atomic E-state index is -1.73. The summed E-state index contributed by atoms with van der Waals surface area (Å²) in [6.45, 7) is -0.587. The Bertz CT molecular complexity index is 181. The van der Waals surface area contributed by atoms with Gasteiger partial charge in [-0.1, -0.05) is 0 Å². The summed E-state index contributed by atoms with van der Waals surface area (Å²) < 4.78 is 4.52. The molecule has 1 aliphatic heterocycles. The van der Waals surface area contributed by atoms with Crippen LogP contribution in [-0.4, -0.2) is 57.4 Å².